The molecule has 2 fully saturated rings. The van der Waals surface area contributed by atoms with E-state index in [1.54, 1.807) is 6.08 Å². The highest BCUT2D eigenvalue weighted by molar-refractivity contribution is 5.82. The molecule has 2 N–H and O–H groups in total. The summed E-state index contributed by atoms with van der Waals surface area (Å²) >= 11 is 0. The molecule has 3 heterocycles. The number of aliphatic hydroxyl groups excluding tert-OH is 2. The second kappa shape index (κ2) is 9.82. The third-order valence-electron chi connectivity index (χ3n) is 5.63. The number of fused-ring (bicyclic) bond motifs is 3. The summed E-state index contributed by atoms with van der Waals surface area (Å²) in [6.07, 6.45) is 9.65. The third-order valence-corrected chi connectivity index (χ3v) is 5.63. The van der Waals surface area contributed by atoms with Crippen LogP contribution in [0.1, 0.15) is 57.8 Å². The molecule has 0 amide bonds. The molecule has 27 heavy (non-hydrogen) atoms. The van der Waals surface area contributed by atoms with Crippen molar-refractivity contribution in [2.45, 2.75) is 94.4 Å². The van der Waals surface area contributed by atoms with E-state index in [0.717, 1.165) is 44.1 Å². The number of esters is 1. The maximum absolute atomic E-state index is 12.0. The van der Waals surface area contributed by atoms with Crippen LogP contribution in [0.4, 0.5) is 0 Å². The highest BCUT2D eigenvalue weighted by Gasteiger charge is 2.45. The Hall–Kier alpha value is -1.21. The summed E-state index contributed by atoms with van der Waals surface area (Å²) in [5.41, 5.74) is 1.03. The maximum Gasteiger partial charge on any atom is 0.330 e. The average Bonchev–Trinajstić information content (AvgIpc) is 3.40. The first-order valence-corrected chi connectivity index (χ1v) is 10.2. The zero-order valence-electron chi connectivity index (χ0n) is 15.9. The van der Waals surface area contributed by atoms with E-state index in [4.69, 9.17) is 14.2 Å². The smallest absolute Gasteiger partial charge is 0.330 e. The lowest BCUT2D eigenvalue weighted by molar-refractivity contribution is -0.145. The predicted molar refractivity (Wildman–Crippen MR) is 100 cm³/mol. The molecule has 3 aliphatic rings. The number of hydrogen-bond donors (Lipinski definition) is 2. The van der Waals surface area contributed by atoms with Gasteiger partial charge in [0.15, 0.2) is 0 Å². The van der Waals surface area contributed by atoms with Gasteiger partial charge in [0.05, 0.1) is 31.0 Å². The Kier molecular flexibility index (Phi) is 7.47. The Morgan fingerprint density at radius 1 is 1.15 bits per heavy atom. The number of ether oxygens (including phenoxy) is 3. The summed E-state index contributed by atoms with van der Waals surface area (Å²) in [7, 11) is 0. The topological polar surface area (TPSA) is 88.5 Å². The predicted octanol–water partition coefficient (Wildman–Crippen LogP) is 2.42. The van der Waals surface area contributed by atoms with Gasteiger partial charge < -0.3 is 24.4 Å². The number of aliphatic hydroxyl groups is 2. The molecule has 6 atom stereocenters. The van der Waals surface area contributed by atoms with Crippen LogP contribution in [0.2, 0.25) is 0 Å². The minimum atomic E-state index is -0.623. The first-order chi connectivity index (χ1) is 13.0. The third kappa shape index (κ3) is 6.42. The molecule has 0 saturated carbocycles. The van der Waals surface area contributed by atoms with Gasteiger partial charge >= 0.3 is 5.97 Å². The molecule has 0 aromatic rings. The molecule has 2 bridgehead atoms. The molecule has 0 spiro atoms. The van der Waals surface area contributed by atoms with Gasteiger partial charge in [0, 0.05) is 12.5 Å². The molecule has 0 aliphatic carbocycles. The van der Waals surface area contributed by atoms with Gasteiger partial charge in [-0.1, -0.05) is 18.2 Å². The van der Waals surface area contributed by atoms with E-state index in [1.807, 2.05) is 0 Å². The van der Waals surface area contributed by atoms with Crippen LogP contribution in [0.25, 0.3) is 0 Å². The zero-order valence-corrected chi connectivity index (χ0v) is 15.9. The van der Waals surface area contributed by atoms with Gasteiger partial charge in [-0.3, -0.25) is 0 Å². The van der Waals surface area contributed by atoms with E-state index in [-0.39, 0.29) is 31.0 Å². The van der Waals surface area contributed by atoms with Crippen molar-refractivity contribution in [2.75, 3.05) is 6.61 Å². The van der Waals surface area contributed by atoms with Gasteiger partial charge in [0.2, 0.25) is 0 Å². The molecule has 0 aromatic heterocycles. The fraction of sp³-hybridized carbons (Fsp3) is 0.762. The van der Waals surface area contributed by atoms with Gasteiger partial charge in [0.1, 0.15) is 12.2 Å². The highest BCUT2D eigenvalue weighted by atomic mass is 16.6. The number of carbonyl (C=O) groups excluding carboxylic acids is 1. The normalized spacial score (nSPS) is 40.2. The van der Waals surface area contributed by atoms with Crippen molar-refractivity contribution < 1.29 is 29.2 Å². The molecule has 152 valence electrons. The number of carbonyl (C=O) groups is 1. The largest absolute Gasteiger partial charge is 0.457 e. The molecule has 0 aromatic carbocycles. The summed E-state index contributed by atoms with van der Waals surface area (Å²) in [5, 5.41) is 19.8. The molecule has 3 rings (SSSR count). The van der Waals surface area contributed by atoms with Gasteiger partial charge in [-0.15, -0.1) is 0 Å². The van der Waals surface area contributed by atoms with Gasteiger partial charge in [0.25, 0.3) is 0 Å². The second-order valence-corrected chi connectivity index (χ2v) is 7.98. The first-order valence-electron chi connectivity index (χ1n) is 10.2. The van der Waals surface area contributed by atoms with Gasteiger partial charge in [-0.25, -0.2) is 4.79 Å². The number of cyclic esters (lactones) is 1. The quantitative estimate of drug-likeness (QED) is 0.413. The average molecular weight is 380 g/mol. The van der Waals surface area contributed by atoms with Crippen molar-refractivity contribution in [3.05, 3.63) is 24.3 Å². The molecule has 0 radical (unpaired) electrons. The minimum absolute atomic E-state index is 0.144. The fourth-order valence-electron chi connectivity index (χ4n) is 4.08. The van der Waals surface area contributed by atoms with Crippen LogP contribution in [-0.4, -0.2) is 59.4 Å². The van der Waals surface area contributed by atoms with Crippen molar-refractivity contribution in [3.8, 4) is 0 Å². The molecule has 3 aliphatic heterocycles. The standard InChI is InChI=1S/C21H32O6/c1-14-5-2-6-15-7-3-8-16(25-15)9-4-10-20(24)26-17(13-22)12-19-21(27-19)18(23)11-14/h4,10,15-19,21-23H,1-3,5-9,11-13H2/b10-4-/t15-,16+,17+,18+,19+,21+/m1/s1. The Morgan fingerprint density at radius 2 is 1.93 bits per heavy atom. The van der Waals surface area contributed by atoms with E-state index >= 15 is 0 Å². The van der Waals surface area contributed by atoms with Crippen LogP contribution < -0.4 is 0 Å². The fourth-order valence-corrected chi connectivity index (χ4v) is 4.08. The minimum Gasteiger partial charge on any atom is -0.457 e. The summed E-state index contributed by atoms with van der Waals surface area (Å²) in [6.45, 7) is 3.83. The molecule has 2 saturated heterocycles. The van der Waals surface area contributed by atoms with E-state index in [1.165, 1.54) is 6.08 Å². The van der Waals surface area contributed by atoms with Crippen LogP contribution in [0.3, 0.4) is 0 Å². The summed E-state index contributed by atoms with van der Waals surface area (Å²) in [5.74, 6) is -0.464. The lowest BCUT2D eigenvalue weighted by Gasteiger charge is -2.29. The van der Waals surface area contributed by atoms with Crippen molar-refractivity contribution in [1.29, 1.82) is 0 Å². The van der Waals surface area contributed by atoms with Crippen LogP contribution in [0.15, 0.2) is 24.3 Å². The Morgan fingerprint density at radius 3 is 2.74 bits per heavy atom. The van der Waals surface area contributed by atoms with Gasteiger partial charge in [-0.2, -0.15) is 0 Å². The Labute approximate surface area is 161 Å². The molecular formula is C21H32O6. The summed E-state index contributed by atoms with van der Waals surface area (Å²) in [4.78, 5) is 12.0. The van der Waals surface area contributed by atoms with Crippen LogP contribution in [0, 0.1) is 0 Å². The molecule has 6 heteroatoms. The number of hydrogen-bond acceptors (Lipinski definition) is 6. The van der Waals surface area contributed by atoms with E-state index < -0.39 is 18.2 Å². The summed E-state index contributed by atoms with van der Waals surface area (Å²) < 4.78 is 17.0. The van der Waals surface area contributed by atoms with E-state index in [9.17, 15) is 15.0 Å². The lowest BCUT2D eigenvalue weighted by Crippen LogP contribution is -2.27. The highest BCUT2D eigenvalue weighted by Crippen LogP contribution is 2.33. The molecule has 0 unspecified atom stereocenters. The Balaban J connectivity index is 1.61. The number of rotatable bonds is 1. The number of epoxide rings is 1. The van der Waals surface area contributed by atoms with Crippen LogP contribution in [0.5, 0.6) is 0 Å². The van der Waals surface area contributed by atoms with Gasteiger partial charge in [-0.05, 0) is 51.4 Å². The SMILES string of the molecule is C=C1CCC[C@@H]2CCC[C@@H](C/C=C\C(=O)O[C@H](CO)C[C@@H]3O[C@H]3[C@@H](O)C1)O2. The monoisotopic (exact) mass is 380 g/mol. The maximum atomic E-state index is 12.0. The summed E-state index contributed by atoms with van der Waals surface area (Å²) in [6, 6.07) is 0. The second-order valence-electron chi connectivity index (χ2n) is 7.98. The molecule has 6 nitrogen and oxygen atoms in total. The Bertz CT molecular complexity index is 545. The van der Waals surface area contributed by atoms with Crippen molar-refractivity contribution >= 4 is 5.97 Å². The van der Waals surface area contributed by atoms with Crippen molar-refractivity contribution in [3.63, 3.8) is 0 Å². The van der Waals surface area contributed by atoms with Crippen molar-refractivity contribution in [1.82, 2.24) is 0 Å². The van der Waals surface area contributed by atoms with Crippen LogP contribution in [-0.2, 0) is 19.0 Å². The first kappa shape index (κ1) is 20.5. The van der Waals surface area contributed by atoms with Crippen molar-refractivity contribution in [2.24, 2.45) is 0 Å². The van der Waals surface area contributed by atoms with E-state index in [2.05, 4.69) is 6.58 Å². The molecular weight excluding hydrogens is 348 g/mol. The van der Waals surface area contributed by atoms with E-state index in [0.29, 0.717) is 19.3 Å². The van der Waals surface area contributed by atoms with Crippen LogP contribution >= 0.6 is 0 Å². The lowest BCUT2D eigenvalue weighted by atomic mass is 9.95. The zero-order chi connectivity index (χ0) is 19.2.